The van der Waals surface area contributed by atoms with Crippen molar-refractivity contribution in [1.29, 1.82) is 0 Å². The highest BCUT2D eigenvalue weighted by Crippen LogP contribution is 2.43. The van der Waals surface area contributed by atoms with Crippen LogP contribution < -0.4 is 14.8 Å². The molecule has 5 rings (SSSR count). The molecule has 0 radical (unpaired) electrons. The number of thioether (sulfide) groups is 1. The summed E-state index contributed by atoms with van der Waals surface area (Å²) in [4.78, 5) is 23.1. The van der Waals surface area contributed by atoms with Gasteiger partial charge in [-0.1, -0.05) is 42.8 Å². The number of carbonyl (C=O) groups excluding carboxylic acids is 2. The van der Waals surface area contributed by atoms with E-state index in [1.54, 1.807) is 12.1 Å². The first kappa shape index (κ1) is 24.8. The van der Waals surface area contributed by atoms with Crippen LogP contribution in [0.25, 0.3) is 22.2 Å². The van der Waals surface area contributed by atoms with E-state index in [2.05, 4.69) is 18.1 Å². The van der Waals surface area contributed by atoms with Crippen LogP contribution in [0.3, 0.4) is 0 Å². The molecule has 3 aromatic carbocycles. The molecule has 1 unspecified atom stereocenters. The minimum Gasteiger partial charge on any atom is -0.493 e. The molecule has 2 heterocycles. The van der Waals surface area contributed by atoms with Crippen LogP contribution in [0.4, 0.5) is 9.18 Å². The van der Waals surface area contributed by atoms with Crippen LogP contribution >= 0.6 is 11.8 Å². The summed E-state index contributed by atoms with van der Waals surface area (Å²) in [5, 5.41) is 4.10. The second-order valence-electron chi connectivity index (χ2n) is 8.61. The third-order valence-corrected chi connectivity index (χ3v) is 7.00. The smallest absolute Gasteiger partial charge is 0.289 e. The molecule has 1 atom stereocenters. The van der Waals surface area contributed by atoms with Gasteiger partial charge in [-0.25, -0.2) is 4.39 Å². The number of halogens is 1. The molecule has 0 aliphatic carbocycles. The van der Waals surface area contributed by atoms with Crippen LogP contribution in [-0.4, -0.2) is 29.5 Å². The zero-order chi connectivity index (χ0) is 25.8. The predicted octanol–water partition coefficient (Wildman–Crippen LogP) is 6.40. The Morgan fingerprint density at radius 2 is 1.81 bits per heavy atom. The summed E-state index contributed by atoms with van der Waals surface area (Å²) in [7, 11) is 0. The zero-order valence-electron chi connectivity index (χ0n) is 20.2. The molecular formula is C28H25FN2O5S. The third kappa shape index (κ3) is 5.17. The molecule has 1 aromatic heterocycles. The number of hydrogen-bond acceptors (Lipinski definition) is 7. The van der Waals surface area contributed by atoms with Gasteiger partial charge in [0.05, 0.1) is 13.2 Å². The number of rotatable bonds is 10. The van der Waals surface area contributed by atoms with Gasteiger partial charge in [0.15, 0.2) is 5.58 Å². The van der Waals surface area contributed by atoms with Gasteiger partial charge in [0, 0.05) is 22.9 Å². The van der Waals surface area contributed by atoms with Crippen molar-refractivity contribution in [1.82, 2.24) is 10.5 Å². The number of para-hydroxylation sites is 1. The number of alkyl halides is 1. The minimum absolute atomic E-state index is 0.0991. The number of imide groups is 1. The van der Waals surface area contributed by atoms with Crippen molar-refractivity contribution in [2.75, 3.05) is 13.2 Å². The number of benzene rings is 3. The van der Waals surface area contributed by atoms with E-state index in [0.717, 1.165) is 46.4 Å². The van der Waals surface area contributed by atoms with Gasteiger partial charge in [-0.15, -0.1) is 0 Å². The second kappa shape index (κ2) is 10.6. The van der Waals surface area contributed by atoms with E-state index in [0.29, 0.717) is 37.1 Å². The number of ether oxygens (including phenoxy) is 2. The molecule has 4 aromatic rings. The van der Waals surface area contributed by atoms with Gasteiger partial charge in [0.25, 0.3) is 16.1 Å². The molecule has 1 fully saturated rings. The second-order valence-corrected chi connectivity index (χ2v) is 9.75. The fraction of sp³-hybridized carbons (Fsp3) is 0.250. The highest BCUT2D eigenvalue weighted by Gasteiger charge is 2.50. The maximum absolute atomic E-state index is 14.9. The summed E-state index contributed by atoms with van der Waals surface area (Å²) < 4.78 is 32.1. The number of carbonyl (C=O) groups is 2. The van der Waals surface area contributed by atoms with E-state index in [9.17, 15) is 14.0 Å². The van der Waals surface area contributed by atoms with Crippen LogP contribution in [0, 0.1) is 0 Å². The van der Waals surface area contributed by atoms with Gasteiger partial charge in [0.1, 0.15) is 17.2 Å². The molecule has 37 heavy (non-hydrogen) atoms. The lowest BCUT2D eigenvalue weighted by atomic mass is 10.0. The predicted molar refractivity (Wildman–Crippen MR) is 139 cm³/mol. The molecule has 0 spiro atoms. The first-order valence-corrected chi connectivity index (χ1v) is 12.9. The Balaban J connectivity index is 1.16. The summed E-state index contributed by atoms with van der Waals surface area (Å²) in [6.45, 7) is 3.00. The Morgan fingerprint density at radius 1 is 1.03 bits per heavy atom. The molecule has 1 aliphatic rings. The number of nitrogens with zero attached hydrogens (tertiary/aromatic N) is 1. The van der Waals surface area contributed by atoms with Gasteiger partial charge in [0.2, 0.25) is 0 Å². The number of aromatic nitrogens is 1. The van der Waals surface area contributed by atoms with E-state index in [1.807, 2.05) is 41.7 Å². The quantitative estimate of drug-likeness (QED) is 0.242. The number of aryl methyl sites for hydroxylation is 1. The fourth-order valence-electron chi connectivity index (χ4n) is 4.19. The van der Waals surface area contributed by atoms with Crippen LogP contribution in [-0.2, 0) is 16.2 Å². The normalized spacial score (nSPS) is 17.2. The SMILES string of the molecule is CCCc1cc(-c2noc3ccccc23)ccc1OCCCOc1ccc(C2(F)SC(=O)NC2=O)cc1. The molecule has 1 N–H and O–H groups in total. The molecule has 7 nitrogen and oxygen atoms in total. The van der Waals surface area contributed by atoms with Gasteiger partial charge >= 0.3 is 0 Å². The Labute approximate surface area is 217 Å². The first-order chi connectivity index (χ1) is 18.0. The van der Waals surface area contributed by atoms with E-state index in [1.165, 1.54) is 12.1 Å². The molecular weight excluding hydrogens is 495 g/mol. The molecule has 1 saturated heterocycles. The Kier molecular flexibility index (Phi) is 7.14. The maximum Gasteiger partial charge on any atom is 0.289 e. The number of amides is 2. The monoisotopic (exact) mass is 520 g/mol. The van der Waals surface area contributed by atoms with E-state index in [4.69, 9.17) is 14.0 Å². The van der Waals surface area contributed by atoms with Crippen molar-refractivity contribution in [3.05, 3.63) is 77.9 Å². The first-order valence-electron chi connectivity index (χ1n) is 12.0. The molecule has 9 heteroatoms. The number of fused-ring (bicyclic) bond motifs is 1. The summed E-state index contributed by atoms with van der Waals surface area (Å²) >= 11 is 0.330. The number of hydrogen-bond donors (Lipinski definition) is 1. The standard InChI is InChI=1S/C28H25FN2O5S/c1-2-6-18-17-19(25-22-7-3-4-8-24(22)36-31-25)9-14-23(18)35-16-5-15-34-21-12-10-20(11-13-21)28(29)26(32)30-27(33)37-28/h3-4,7-14,17H,2,5-6,15-16H2,1H3,(H,30,32,33). The highest BCUT2D eigenvalue weighted by molar-refractivity contribution is 8.15. The maximum atomic E-state index is 14.9. The van der Waals surface area contributed by atoms with Crippen LogP contribution in [0.2, 0.25) is 0 Å². The summed E-state index contributed by atoms with van der Waals surface area (Å²) in [6, 6.07) is 19.9. The minimum atomic E-state index is -2.41. The van der Waals surface area contributed by atoms with E-state index >= 15 is 0 Å². The summed E-state index contributed by atoms with van der Waals surface area (Å²) in [6.07, 6.45) is 2.50. The largest absolute Gasteiger partial charge is 0.493 e. The zero-order valence-corrected chi connectivity index (χ0v) is 21.0. The number of nitrogens with one attached hydrogen (secondary N) is 1. The van der Waals surface area contributed by atoms with Crippen molar-refractivity contribution in [2.45, 2.75) is 31.2 Å². The lowest BCUT2D eigenvalue weighted by molar-refractivity contribution is -0.126. The van der Waals surface area contributed by atoms with Gasteiger partial charge in [-0.2, -0.15) is 0 Å². The van der Waals surface area contributed by atoms with Gasteiger partial charge in [-0.3, -0.25) is 14.9 Å². The summed E-state index contributed by atoms with van der Waals surface area (Å²) in [5.74, 6) is 0.411. The Bertz CT molecular complexity index is 1440. The van der Waals surface area contributed by atoms with Crippen molar-refractivity contribution in [3.63, 3.8) is 0 Å². The van der Waals surface area contributed by atoms with Crippen molar-refractivity contribution in [3.8, 4) is 22.8 Å². The lowest BCUT2D eigenvalue weighted by Crippen LogP contribution is -2.30. The lowest BCUT2D eigenvalue weighted by Gasteiger charge is -2.15. The van der Waals surface area contributed by atoms with E-state index < -0.39 is 16.1 Å². The van der Waals surface area contributed by atoms with Crippen LogP contribution in [0.1, 0.15) is 30.9 Å². The average molecular weight is 521 g/mol. The molecule has 0 saturated carbocycles. The fourth-order valence-corrected chi connectivity index (χ4v) is 4.98. The van der Waals surface area contributed by atoms with Gasteiger partial charge < -0.3 is 14.0 Å². The van der Waals surface area contributed by atoms with Crippen molar-refractivity contribution >= 4 is 33.9 Å². The molecule has 0 bridgehead atoms. The van der Waals surface area contributed by atoms with Crippen molar-refractivity contribution < 1.29 is 28.0 Å². The van der Waals surface area contributed by atoms with Crippen LogP contribution in [0.5, 0.6) is 11.5 Å². The van der Waals surface area contributed by atoms with Gasteiger partial charge in [-0.05, 0) is 66.2 Å². The van der Waals surface area contributed by atoms with E-state index in [-0.39, 0.29) is 5.56 Å². The third-order valence-electron chi connectivity index (χ3n) is 6.01. The Hall–Kier alpha value is -3.85. The molecule has 190 valence electrons. The van der Waals surface area contributed by atoms with Crippen molar-refractivity contribution in [2.24, 2.45) is 0 Å². The average Bonchev–Trinajstić information content (AvgIpc) is 3.45. The topological polar surface area (TPSA) is 90.7 Å². The highest BCUT2D eigenvalue weighted by atomic mass is 32.2. The van der Waals surface area contributed by atoms with Crippen LogP contribution in [0.15, 0.2) is 71.3 Å². The molecule has 2 amide bonds. The Morgan fingerprint density at radius 3 is 2.57 bits per heavy atom. The summed E-state index contributed by atoms with van der Waals surface area (Å²) in [5.41, 5.74) is 3.77. The molecule has 1 aliphatic heterocycles.